The summed E-state index contributed by atoms with van der Waals surface area (Å²) < 4.78 is 5.51. The van der Waals surface area contributed by atoms with E-state index >= 15 is 0 Å². The number of likely N-dealkylation sites (N-methyl/N-ethyl adjacent to an activating group) is 1. The van der Waals surface area contributed by atoms with Crippen molar-refractivity contribution in [1.29, 1.82) is 0 Å². The Bertz CT molecular complexity index is 731. The van der Waals surface area contributed by atoms with Crippen LogP contribution >= 0.6 is 12.2 Å². The van der Waals surface area contributed by atoms with E-state index in [-0.39, 0.29) is 6.04 Å². The lowest BCUT2D eigenvalue weighted by Gasteiger charge is -2.24. The van der Waals surface area contributed by atoms with E-state index in [1.54, 1.807) is 7.11 Å². The van der Waals surface area contributed by atoms with E-state index < -0.39 is 0 Å². The first-order chi connectivity index (χ1) is 11.9. The summed E-state index contributed by atoms with van der Waals surface area (Å²) >= 11 is 5.47. The minimum atomic E-state index is 0.232. The van der Waals surface area contributed by atoms with Crippen LogP contribution in [-0.2, 0) is 0 Å². The van der Waals surface area contributed by atoms with E-state index in [4.69, 9.17) is 17.0 Å². The zero-order valence-corrected chi connectivity index (χ0v) is 16.5. The van der Waals surface area contributed by atoms with Gasteiger partial charge in [-0.3, -0.25) is 0 Å². The monoisotopic (exact) mass is 358 g/mol. The van der Waals surface area contributed by atoms with Gasteiger partial charge in [-0.2, -0.15) is 0 Å². The van der Waals surface area contributed by atoms with Gasteiger partial charge in [-0.1, -0.05) is 18.2 Å². The largest absolute Gasteiger partial charge is 0.496 e. The number of hydrogen-bond acceptors (Lipinski definition) is 2. The maximum Gasteiger partial charge on any atom is 0.171 e. The quantitative estimate of drug-likeness (QED) is 0.694. The number of aryl methyl sites for hydroxylation is 2. The van der Waals surface area contributed by atoms with Crippen molar-refractivity contribution < 1.29 is 9.64 Å². The standard InChI is InChI=1S/C20H27N3OS/c1-14-10-11-16(12-15(14)2)22-20(25)21-13-18(23(3)4)17-8-6-7-9-19(17)24-5/h6-12,18H,13H2,1-5H3,(H2,21,22,25)/p+1/t18-/m0/s1. The molecule has 2 aromatic rings. The molecule has 2 rings (SSSR count). The molecule has 0 aliphatic carbocycles. The van der Waals surface area contributed by atoms with Gasteiger partial charge in [0.05, 0.1) is 33.3 Å². The van der Waals surface area contributed by atoms with Gasteiger partial charge in [0.25, 0.3) is 0 Å². The highest BCUT2D eigenvalue weighted by molar-refractivity contribution is 7.80. The van der Waals surface area contributed by atoms with E-state index in [0.29, 0.717) is 5.11 Å². The molecule has 3 N–H and O–H groups in total. The fourth-order valence-electron chi connectivity index (χ4n) is 2.77. The zero-order chi connectivity index (χ0) is 18.4. The Morgan fingerprint density at radius 2 is 1.84 bits per heavy atom. The van der Waals surface area contributed by atoms with Gasteiger partial charge < -0.3 is 20.3 Å². The molecule has 0 amide bonds. The number of quaternary nitrogens is 1. The highest BCUT2D eigenvalue weighted by atomic mass is 32.1. The molecule has 0 saturated heterocycles. The van der Waals surface area contributed by atoms with Crippen LogP contribution in [0.25, 0.3) is 0 Å². The molecule has 2 aromatic carbocycles. The third-order valence-electron chi connectivity index (χ3n) is 4.44. The molecule has 0 bridgehead atoms. The highest BCUT2D eigenvalue weighted by Crippen LogP contribution is 2.22. The molecule has 0 aromatic heterocycles. The van der Waals surface area contributed by atoms with Crippen LogP contribution in [0.15, 0.2) is 42.5 Å². The molecular formula is C20H28N3OS+. The molecule has 0 saturated carbocycles. The average Bonchev–Trinajstić information content (AvgIpc) is 2.58. The minimum absolute atomic E-state index is 0.232. The molecule has 0 aliphatic rings. The van der Waals surface area contributed by atoms with Crippen molar-refractivity contribution >= 4 is 23.0 Å². The van der Waals surface area contributed by atoms with Gasteiger partial charge in [-0.05, 0) is 61.5 Å². The lowest BCUT2D eigenvalue weighted by atomic mass is 10.0. The maximum absolute atomic E-state index is 5.51. The van der Waals surface area contributed by atoms with Crippen LogP contribution in [0, 0.1) is 13.8 Å². The highest BCUT2D eigenvalue weighted by Gasteiger charge is 2.21. The normalized spacial score (nSPS) is 11.9. The molecule has 25 heavy (non-hydrogen) atoms. The molecule has 0 radical (unpaired) electrons. The molecule has 1 atom stereocenters. The van der Waals surface area contributed by atoms with Gasteiger partial charge in [0, 0.05) is 5.69 Å². The summed E-state index contributed by atoms with van der Waals surface area (Å²) in [6.45, 7) is 4.93. The van der Waals surface area contributed by atoms with Crippen LogP contribution < -0.4 is 20.3 Å². The van der Waals surface area contributed by atoms with Crippen LogP contribution in [0.4, 0.5) is 5.69 Å². The van der Waals surface area contributed by atoms with Crippen molar-refractivity contribution in [3.63, 3.8) is 0 Å². The average molecular weight is 359 g/mol. The first kappa shape index (κ1) is 19.2. The molecule has 134 valence electrons. The van der Waals surface area contributed by atoms with Crippen molar-refractivity contribution in [2.75, 3.05) is 33.1 Å². The van der Waals surface area contributed by atoms with Crippen LogP contribution in [0.5, 0.6) is 5.75 Å². The van der Waals surface area contributed by atoms with Crippen molar-refractivity contribution in [2.24, 2.45) is 0 Å². The smallest absolute Gasteiger partial charge is 0.171 e. The Labute approximate surface area is 156 Å². The Kier molecular flexibility index (Phi) is 6.79. The summed E-state index contributed by atoms with van der Waals surface area (Å²) in [6, 6.07) is 14.6. The van der Waals surface area contributed by atoms with Gasteiger partial charge in [0.2, 0.25) is 0 Å². The second-order valence-electron chi connectivity index (χ2n) is 6.51. The van der Waals surface area contributed by atoms with Crippen molar-refractivity contribution in [2.45, 2.75) is 19.9 Å². The molecule has 0 heterocycles. The van der Waals surface area contributed by atoms with Crippen molar-refractivity contribution in [3.8, 4) is 5.75 Å². The number of para-hydroxylation sites is 1. The molecule has 4 nitrogen and oxygen atoms in total. The lowest BCUT2D eigenvalue weighted by molar-refractivity contribution is -0.890. The molecule has 0 aliphatic heterocycles. The first-order valence-corrected chi connectivity index (χ1v) is 8.88. The molecule has 0 spiro atoms. The van der Waals surface area contributed by atoms with E-state index in [1.165, 1.54) is 21.6 Å². The third kappa shape index (κ3) is 5.18. The second-order valence-corrected chi connectivity index (χ2v) is 6.91. The predicted octanol–water partition coefficient (Wildman–Crippen LogP) is 2.48. The Hall–Kier alpha value is -2.11. The zero-order valence-electron chi connectivity index (χ0n) is 15.6. The van der Waals surface area contributed by atoms with Crippen LogP contribution in [0.1, 0.15) is 22.7 Å². The van der Waals surface area contributed by atoms with Gasteiger partial charge in [-0.15, -0.1) is 0 Å². The first-order valence-electron chi connectivity index (χ1n) is 8.47. The summed E-state index contributed by atoms with van der Waals surface area (Å²) in [5.41, 5.74) is 4.70. The van der Waals surface area contributed by atoms with Gasteiger partial charge in [0.1, 0.15) is 11.8 Å². The summed E-state index contributed by atoms with van der Waals surface area (Å²) in [5.74, 6) is 0.906. The number of anilines is 1. The Balaban J connectivity index is 2.03. The summed E-state index contributed by atoms with van der Waals surface area (Å²) in [6.07, 6.45) is 0. The SMILES string of the molecule is COc1ccccc1[C@H](CNC(=S)Nc1ccc(C)c(C)c1)[NH+](C)C. The van der Waals surface area contributed by atoms with Gasteiger partial charge >= 0.3 is 0 Å². The van der Waals surface area contributed by atoms with Crippen LogP contribution in [-0.4, -0.2) is 32.9 Å². The topological polar surface area (TPSA) is 37.7 Å². The number of hydrogen-bond donors (Lipinski definition) is 3. The second kappa shape index (κ2) is 8.83. The van der Waals surface area contributed by atoms with E-state index in [0.717, 1.165) is 18.0 Å². The maximum atomic E-state index is 5.51. The van der Waals surface area contributed by atoms with Crippen LogP contribution in [0.3, 0.4) is 0 Å². The number of ether oxygens (including phenoxy) is 1. The van der Waals surface area contributed by atoms with Crippen LogP contribution in [0.2, 0.25) is 0 Å². The fourth-order valence-corrected chi connectivity index (χ4v) is 2.97. The number of rotatable bonds is 6. The Morgan fingerprint density at radius 3 is 2.48 bits per heavy atom. The predicted molar refractivity (Wildman–Crippen MR) is 109 cm³/mol. The molecule has 0 fully saturated rings. The fraction of sp³-hybridized carbons (Fsp3) is 0.350. The van der Waals surface area contributed by atoms with E-state index in [2.05, 4.69) is 56.8 Å². The summed E-state index contributed by atoms with van der Waals surface area (Å²) in [4.78, 5) is 1.31. The van der Waals surface area contributed by atoms with E-state index in [1.807, 2.05) is 24.3 Å². The summed E-state index contributed by atoms with van der Waals surface area (Å²) in [5, 5.41) is 7.23. The Morgan fingerprint density at radius 1 is 1.12 bits per heavy atom. The number of thiocarbonyl (C=S) groups is 1. The number of benzene rings is 2. The van der Waals surface area contributed by atoms with Gasteiger partial charge in [0.15, 0.2) is 5.11 Å². The molecule has 5 heteroatoms. The van der Waals surface area contributed by atoms with E-state index in [9.17, 15) is 0 Å². The number of nitrogens with one attached hydrogen (secondary N) is 3. The molecule has 0 unspecified atom stereocenters. The number of methoxy groups -OCH3 is 1. The van der Waals surface area contributed by atoms with Gasteiger partial charge in [-0.25, -0.2) is 0 Å². The summed E-state index contributed by atoms with van der Waals surface area (Å²) in [7, 11) is 5.98. The minimum Gasteiger partial charge on any atom is -0.496 e. The molecular weight excluding hydrogens is 330 g/mol. The van der Waals surface area contributed by atoms with Crippen molar-refractivity contribution in [1.82, 2.24) is 5.32 Å². The van der Waals surface area contributed by atoms with Crippen molar-refractivity contribution in [3.05, 3.63) is 59.2 Å². The lowest BCUT2D eigenvalue weighted by Crippen LogP contribution is -3.07. The third-order valence-corrected chi connectivity index (χ3v) is 4.69.